The van der Waals surface area contributed by atoms with Gasteiger partial charge in [0, 0.05) is 23.7 Å². The molecule has 0 aromatic rings. The minimum atomic E-state index is -0.250. The lowest BCUT2D eigenvalue weighted by Gasteiger charge is -2.57. The third-order valence-corrected chi connectivity index (χ3v) is 9.16. The van der Waals surface area contributed by atoms with Gasteiger partial charge in [-0.1, -0.05) is 37.5 Å². The van der Waals surface area contributed by atoms with Gasteiger partial charge in [0.2, 0.25) is 0 Å². The van der Waals surface area contributed by atoms with Crippen LogP contribution in [0.1, 0.15) is 84.5 Å². The summed E-state index contributed by atoms with van der Waals surface area (Å²) in [5, 5.41) is 6.89. The Labute approximate surface area is 178 Å². The molecule has 3 fully saturated rings. The molecule has 0 amide bonds. The smallest absolute Gasteiger partial charge is 0.306 e. The zero-order valence-corrected chi connectivity index (χ0v) is 18.2. The first-order valence-electron chi connectivity index (χ1n) is 11.5. The van der Waals surface area contributed by atoms with E-state index in [2.05, 4.69) is 19.9 Å². The summed E-state index contributed by atoms with van der Waals surface area (Å²) in [5.41, 5.74) is 2.89. The molecule has 1 spiro atoms. The molecule has 5 rings (SSSR count). The summed E-state index contributed by atoms with van der Waals surface area (Å²) in [4.78, 5) is 32.5. The van der Waals surface area contributed by atoms with Gasteiger partial charge in [0.05, 0.1) is 0 Å². The van der Waals surface area contributed by atoms with Crippen molar-refractivity contribution in [3.05, 3.63) is 23.3 Å². The molecule has 5 atom stereocenters. The Balaban J connectivity index is 0.000000687. The van der Waals surface area contributed by atoms with Crippen molar-refractivity contribution in [2.75, 3.05) is 0 Å². The third kappa shape index (κ3) is 3.07. The zero-order valence-electron chi connectivity index (χ0n) is 18.2. The van der Waals surface area contributed by atoms with Crippen LogP contribution in [0.4, 0.5) is 0 Å². The van der Waals surface area contributed by atoms with Crippen LogP contribution in [0.2, 0.25) is 0 Å². The summed E-state index contributed by atoms with van der Waals surface area (Å²) >= 11 is 0. The van der Waals surface area contributed by atoms with Gasteiger partial charge in [-0.05, 0) is 69.3 Å². The van der Waals surface area contributed by atoms with E-state index in [0.29, 0.717) is 30.5 Å². The van der Waals surface area contributed by atoms with E-state index in [1.165, 1.54) is 24.8 Å². The number of carboxylic acid groups (broad SMARTS) is 1. The van der Waals surface area contributed by atoms with Crippen LogP contribution in [-0.4, -0.2) is 28.9 Å². The lowest BCUT2D eigenvalue weighted by atomic mass is 9.48. The van der Waals surface area contributed by atoms with Gasteiger partial charge in [-0.2, -0.15) is 0 Å². The number of carbonyl (C=O) groups excluding carboxylic acids is 2. The average molecular weight is 415 g/mol. The summed E-state index contributed by atoms with van der Waals surface area (Å²) in [6.45, 7) is 4.56. The van der Waals surface area contributed by atoms with E-state index in [4.69, 9.17) is 14.6 Å². The number of carbonyl (C=O) groups is 3. The third-order valence-electron chi connectivity index (χ3n) is 9.16. The van der Waals surface area contributed by atoms with E-state index in [-0.39, 0.29) is 28.9 Å². The van der Waals surface area contributed by atoms with Gasteiger partial charge in [-0.3, -0.25) is 14.4 Å². The molecule has 0 aromatic heterocycles. The van der Waals surface area contributed by atoms with Crippen LogP contribution in [0.25, 0.3) is 0 Å². The first-order chi connectivity index (χ1) is 14.3. The minimum absolute atomic E-state index is 0.0123. The number of ether oxygens (including phenoxy) is 1. The van der Waals surface area contributed by atoms with Crippen LogP contribution >= 0.6 is 0 Å². The first kappa shape index (κ1) is 21.3. The van der Waals surface area contributed by atoms with Crippen LogP contribution < -0.4 is 0 Å². The van der Waals surface area contributed by atoms with Crippen LogP contribution in [0.15, 0.2) is 23.3 Å². The summed E-state index contributed by atoms with van der Waals surface area (Å²) in [6.07, 6.45) is 15.6. The van der Waals surface area contributed by atoms with E-state index >= 15 is 0 Å². The highest BCUT2D eigenvalue weighted by atomic mass is 16.6. The summed E-state index contributed by atoms with van der Waals surface area (Å²) in [7, 11) is 0. The van der Waals surface area contributed by atoms with E-state index in [0.717, 1.165) is 38.5 Å². The van der Waals surface area contributed by atoms with Crippen molar-refractivity contribution in [2.24, 2.45) is 22.7 Å². The SMILES string of the molecule is CC12CCC(=O)C=C1CCC1C2=CCC2(C)C1CCCC[C@@]21CCC(=O)O1.O=CO. The molecule has 1 saturated heterocycles. The molecular weight excluding hydrogens is 380 g/mol. The molecule has 5 aliphatic rings. The fourth-order valence-corrected chi connectivity index (χ4v) is 7.53. The van der Waals surface area contributed by atoms with E-state index in [1.807, 2.05) is 6.08 Å². The molecule has 5 heteroatoms. The second kappa shape index (κ2) is 7.65. The van der Waals surface area contributed by atoms with Gasteiger partial charge in [0.1, 0.15) is 5.60 Å². The Morgan fingerprint density at radius 2 is 1.83 bits per heavy atom. The molecule has 5 nitrogen and oxygen atoms in total. The Kier molecular flexibility index (Phi) is 5.44. The summed E-state index contributed by atoms with van der Waals surface area (Å²) < 4.78 is 6.14. The number of rotatable bonds is 0. The molecule has 30 heavy (non-hydrogen) atoms. The monoisotopic (exact) mass is 414 g/mol. The maximum atomic E-state index is 12.1. The summed E-state index contributed by atoms with van der Waals surface area (Å²) in [5.74, 6) is 1.52. The maximum absolute atomic E-state index is 12.1. The lowest BCUT2D eigenvalue weighted by molar-refractivity contribution is -0.170. The largest absolute Gasteiger partial charge is 0.483 e. The van der Waals surface area contributed by atoms with Crippen molar-refractivity contribution in [1.29, 1.82) is 0 Å². The second-order valence-corrected chi connectivity index (χ2v) is 10.3. The van der Waals surface area contributed by atoms with Crippen molar-refractivity contribution < 1.29 is 24.2 Å². The average Bonchev–Trinajstić information content (AvgIpc) is 3.03. The van der Waals surface area contributed by atoms with Crippen molar-refractivity contribution in [2.45, 2.75) is 90.1 Å². The highest BCUT2D eigenvalue weighted by Crippen LogP contribution is 2.65. The van der Waals surface area contributed by atoms with Gasteiger partial charge in [-0.25, -0.2) is 0 Å². The van der Waals surface area contributed by atoms with Crippen LogP contribution in [0.3, 0.4) is 0 Å². The summed E-state index contributed by atoms with van der Waals surface area (Å²) in [6, 6.07) is 0. The Morgan fingerprint density at radius 3 is 2.53 bits per heavy atom. The maximum Gasteiger partial charge on any atom is 0.306 e. The quantitative estimate of drug-likeness (QED) is 0.343. The number of hydrogen-bond acceptors (Lipinski definition) is 4. The first-order valence-corrected chi connectivity index (χ1v) is 11.5. The van der Waals surface area contributed by atoms with E-state index in [1.54, 1.807) is 5.57 Å². The van der Waals surface area contributed by atoms with Crippen molar-refractivity contribution in [1.82, 2.24) is 0 Å². The molecule has 0 radical (unpaired) electrons. The predicted molar refractivity (Wildman–Crippen MR) is 113 cm³/mol. The number of fused-ring (bicyclic) bond motifs is 6. The molecule has 1 aliphatic heterocycles. The zero-order chi connectivity index (χ0) is 21.6. The van der Waals surface area contributed by atoms with Crippen molar-refractivity contribution in [3.63, 3.8) is 0 Å². The van der Waals surface area contributed by atoms with E-state index in [9.17, 15) is 9.59 Å². The molecule has 1 N–H and O–H groups in total. The highest BCUT2D eigenvalue weighted by molar-refractivity contribution is 5.92. The van der Waals surface area contributed by atoms with Gasteiger partial charge in [0.25, 0.3) is 6.47 Å². The fraction of sp³-hybridized carbons (Fsp3) is 0.720. The standard InChI is InChI=1S/C24H32O3.CH2O2/c1-22-12-8-17(25)15-16(22)6-7-18-19(22)9-13-23(2)20(18)5-3-4-11-24(23)14-10-21(26)27-24;2-1-3/h9,15,18,20H,3-8,10-14H2,1-2H3;1H,(H,2,3)/t18?,20?,22?,23?,24-;/m1./s1. The minimum Gasteiger partial charge on any atom is -0.483 e. The van der Waals surface area contributed by atoms with Crippen LogP contribution in [-0.2, 0) is 19.1 Å². The highest BCUT2D eigenvalue weighted by Gasteiger charge is 2.62. The number of hydrogen-bond donors (Lipinski definition) is 1. The molecular formula is C25H34O5. The second-order valence-electron chi connectivity index (χ2n) is 10.3. The van der Waals surface area contributed by atoms with Crippen molar-refractivity contribution >= 4 is 18.2 Å². The molecule has 0 bridgehead atoms. The van der Waals surface area contributed by atoms with E-state index < -0.39 is 0 Å². The number of allylic oxidation sites excluding steroid dienone is 4. The van der Waals surface area contributed by atoms with Gasteiger partial charge in [-0.15, -0.1) is 0 Å². The molecule has 4 unspecified atom stereocenters. The van der Waals surface area contributed by atoms with Crippen LogP contribution in [0, 0.1) is 22.7 Å². The van der Waals surface area contributed by atoms with Gasteiger partial charge in [0.15, 0.2) is 5.78 Å². The Hall–Kier alpha value is -1.91. The molecule has 1 heterocycles. The van der Waals surface area contributed by atoms with Crippen molar-refractivity contribution in [3.8, 4) is 0 Å². The van der Waals surface area contributed by atoms with Crippen LogP contribution in [0.5, 0.6) is 0 Å². The Bertz CT molecular complexity index is 810. The van der Waals surface area contributed by atoms with Gasteiger partial charge >= 0.3 is 5.97 Å². The normalized spacial score (nSPS) is 42.3. The predicted octanol–water partition coefficient (Wildman–Crippen LogP) is 5.00. The lowest BCUT2D eigenvalue weighted by Crippen LogP contribution is -2.55. The number of esters is 1. The van der Waals surface area contributed by atoms with Gasteiger partial charge < -0.3 is 9.84 Å². The molecule has 2 saturated carbocycles. The number of ketones is 1. The topological polar surface area (TPSA) is 80.7 Å². The molecule has 4 aliphatic carbocycles. The molecule has 0 aromatic carbocycles. The Morgan fingerprint density at radius 1 is 1.07 bits per heavy atom. The molecule has 164 valence electrons. The fourth-order valence-electron chi connectivity index (χ4n) is 7.53.